The Labute approximate surface area is 211 Å². The third kappa shape index (κ3) is 5.93. The topological polar surface area (TPSA) is 76.6 Å². The van der Waals surface area contributed by atoms with E-state index in [-0.39, 0.29) is 17.8 Å². The summed E-state index contributed by atoms with van der Waals surface area (Å²) in [5.74, 6) is 1.73. The maximum Gasteiger partial charge on any atom is 0.305 e. The standard InChI is InChI=1S/C28H33FN4O3/c1-5-35-26(34)7-6-16-36-24-12-13-25-20(4)33(15-14-21(25)17-24)27-18(2)19(3)30-28(32-27)31-23-10-8-22(29)9-11-23/h8-13,17,20H,5-7,14-16H2,1-4H3,(H,30,31,32). The first-order valence-corrected chi connectivity index (χ1v) is 12.4. The molecule has 8 heteroatoms. The highest BCUT2D eigenvalue weighted by molar-refractivity contribution is 5.69. The molecule has 1 aliphatic heterocycles. The van der Waals surface area contributed by atoms with Crippen LogP contribution in [0.4, 0.5) is 21.8 Å². The molecule has 4 rings (SSSR count). The highest BCUT2D eigenvalue weighted by Crippen LogP contribution is 2.36. The predicted molar refractivity (Wildman–Crippen MR) is 138 cm³/mol. The van der Waals surface area contributed by atoms with Gasteiger partial charge in [0.1, 0.15) is 17.4 Å². The van der Waals surface area contributed by atoms with E-state index in [0.29, 0.717) is 32.0 Å². The highest BCUT2D eigenvalue weighted by atomic mass is 19.1. The molecule has 0 saturated carbocycles. The number of nitrogens with zero attached hydrogens (tertiary/aromatic N) is 3. The number of benzene rings is 2. The van der Waals surface area contributed by atoms with Crippen molar-refractivity contribution >= 4 is 23.4 Å². The van der Waals surface area contributed by atoms with E-state index in [9.17, 15) is 9.18 Å². The van der Waals surface area contributed by atoms with Gasteiger partial charge in [0, 0.05) is 29.9 Å². The molecule has 0 aliphatic carbocycles. The largest absolute Gasteiger partial charge is 0.494 e. The third-order valence-corrected chi connectivity index (χ3v) is 6.49. The number of esters is 1. The summed E-state index contributed by atoms with van der Waals surface area (Å²) in [4.78, 5) is 23.2. The fourth-order valence-electron chi connectivity index (χ4n) is 4.44. The minimum atomic E-state index is -0.284. The average molecular weight is 493 g/mol. The average Bonchev–Trinajstić information content (AvgIpc) is 2.86. The number of carbonyl (C=O) groups is 1. The zero-order chi connectivity index (χ0) is 25.7. The van der Waals surface area contributed by atoms with Gasteiger partial charge in [0.05, 0.1) is 19.3 Å². The molecule has 0 amide bonds. The number of aryl methyl sites for hydroxylation is 1. The van der Waals surface area contributed by atoms with Crippen LogP contribution >= 0.6 is 0 Å². The number of hydrogen-bond donors (Lipinski definition) is 1. The molecule has 0 radical (unpaired) electrons. The van der Waals surface area contributed by atoms with Gasteiger partial charge in [-0.05, 0) is 88.1 Å². The van der Waals surface area contributed by atoms with Gasteiger partial charge in [-0.25, -0.2) is 9.37 Å². The van der Waals surface area contributed by atoms with Crippen LogP contribution in [-0.4, -0.2) is 35.7 Å². The van der Waals surface area contributed by atoms with Gasteiger partial charge in [-0.2, -0.15) is 4.98 Å². The lowest BCUT2D eigenvalue weighted by atomic mass is 9.93. The monoisotopic (exact) mass is 492 g/mol. The van der Waals surface area contributed by atoms with Gasteiger partial charge in [0.2, 0.25) is 5.95 Å². The molecule has 2 heterocycles. The number of halogens is 1. The van der Waals surface area contributed by atoms with Crippen LogP contribution in [0.15, 0.2) is 42.5 Å². The van der Waals surface area contributed by atoms with Crippen molar-refractivity contribution in [3.63, 3.8) is 0 Å². The Morgan fingerprint density at radius 2 is 1.94 bits per heavy atom. The van der Waals surface area contributed by atoms with Crippen LogP contribution in [0, 0.1) is 19.7 Å². The van der Waals surface area contributed by atoms with Crippen molar-refractivity contribution in [1.29, 1.82) is 0 Å². The summed E-state index contributed by atoms with van der Waals surface area (Å²) in [5.41, 5.74) is 5.17. The summed E-state index contributed by atoms with van der Waals surface area (Å²) in [5, 5.41) is 3.20. The van der Waals surface area contributed by atoms with Crippen LogP contribution in [0.3, 0.4) is 0 Å². The molecule has 1 unspecified atom stereocenters. The molecule has 1 aliphatic rings. The predicted octanol–water partition coefficient (Wildman–Crippen LogP) is 5.82. The van der Waals surface area contributed by atoms with Crippen LogP contribution in [0.5, 0.6) is 5.75 Å². The first kappa shape index (κ1) is 25.4. The molecule has 0 bridgehead atoms. The van der Waals surface area contributed by atoms with E-state index in [1.165, 1.54) is 23.3 Å². The molecular weight excluding hydrogens is 459 g/mol. The normalized spacial score (nSPS) is 14.8. The Morgan fingerprint density at radius 1 is 1.17 bits per heavy atom. The summed E-state index contributed by atoms with van der Waals surface area (Å²) in [7, 11) is 0. The molecule has 2 aromatic carbocycles. The summed E-state index contributed by atoms with van der Waals surface area (Å²) < 4.78 is 24.1. The van der Waals surface area contributed by atoms with E-state index < -0.39 is 0 Å². The van der Waals surface area contributed by atoms with E-state index in [4.69, 9.17) is 14.5 Å². The second kappa shape index (κ2) is 11.4. The Balaban J connectivity index is 1.46. The van der Waals surface area contributed by atoms with Crippen molar-refractivity contribution in [3.05, 3.63) is 70.7 Å². The van der Waals surface area contributed by atoms with E-state index >= 15 is 0 Å². The summed E-state index contributed by atoms with van der Waals surface area (Å²) in [6.45, 7) is 9.70. The van der Waals surface area contributed by atoms with Crippen molar-refractivity contribution in [1.82, 2.24) is 9.97 Å². The van der Waals surface area contributed by atoms with Crippen molar-refractivity contribution in [3.8, 4) is 5.75 Å². The van der Waals surface area contributed by atoms with Crippen LogP contribution in [-0.2, 0) is 16.0 Å². The number of rotatable bonds is 9. The number of ether oxygens (including phenoxy) is 2. The number of anilines is 3. The molecule has 1 N–H and O–H groups in total. The summed E-state index contributed by atoms with van der Waals surface area (Å²) in [6.07, 6.45) is 1.85. The van der Waals surface area contributed by atoms with Crippen LogP contribution in [0.2, 0.25) is 0 Å². The van der Waals surface area contributed by atoms with Gasteiger partial charge in [-0.1, -0.05) is 6.07 Å². The Hall–Kier alpha value is -3.68. The molecule has 190 valence electrons. The second-order valence-electron chi connectivity index (χ2n) is 8.95. The highest BCUT2D eigenvalue weighted by Gasteiger charge is 2.27. The second-order valence-corrected chi connectivity index (χ2v) is 8.95. The quantitative estimate of drug-likeness (QED) is 0.298. The van der Waals surface area contributed by atoms with Gasteiger partial charge < -0.3 is 19.7 Å². The van der Waals surface area contributed by atoms with Crippen LogP contribution < -0.4 is 15.0 Å². The van der Waals surface area contributed by atoms with E-state index in [1.54, 1.807) is 19.1 Å². The van der Waals surface area contributed by atoms with Crippen molar-refractivity contribution in [2.24, 2.45) is 0 Å². The summed E-state index contributed by atoms with van der Waals surface area (Å²) >= 11 is 0. The Kier molecular flexibility index (Phi) is 8.03. The first-order chi connectivity index (χ1) is 17.4. The maximum absolute atomic E-state index is 13.3. The molecule has 36 heavy (non-hydrogen) atoms. The minimum Gasteiger partial charge on any atom is -0.494 e. The number of fused-ring (bicyclic) bond motifs is 1. The molecular formula is C28H33FN4O3. The summed E-state index contributed by atoms with van der Waals surface area (Å²) in [6, 6.07) is 12.5. The molecule has 1 aromatic heterocycles. The number of aromatic nitrogens is 2. The fraction of sp³-hybridized carbons (Fsp3) is 0.393. The lowest BCUT2D eigenvalue weighted by Crippen LogP contribution is -2.35. The number of hydrogen-bond acceptors (Lipinski definition) is 7. The first-order valence-electron chi connectivity index (χ1n) is 12.4. The molecule has 3 aromatic rings. The van der Waals surface area contributed by atoms with Gasteiger partial charge >= 0.3 is 5.97 Å². The van der Waals surface area contributed by atoms with E-state index in [2.05, 4.69) is 34.3 Å². The number of nitrogens with one attached hydrogen (secondary N) is 1. The van der Waals surface area contributed by atoms with Crippen LogP contribution in [0.1, 0.15) is 55.1 Å². The van der Waals surface area contributed by atoms with Crippen LogP contribution in [0.25, 0.3) is 0 Å². The van der Waals surface area contributed by atoms with Gasteiger partial charge in [-0.15, -0.1) is 0 Å². The third-order valence-electron chi connectivity index (χ3n) is 6.49. The molecule has 0 saturated heterocycles. The molecule has 7 nitrogen and oxygen atoms in total. The smallest absolute Gasteiger partial charge is 0.305 e. The molecule has 0 fully saturated rings. The zero-order valence-corrected chi connectivity index (χ0v) is 21.3. The lowest BCUT2D eigenvalue weighted by Gasteiger charge is -2.37. The SMILES string of the molecule is CCOC(=O)CCCOc1ccc2c(c1)CCN(c1nc(Nc3ccc(F)cc3)nc(C)c1C)C2C. The molecule has 0 spiro atoms. The fourth-order valence-corrected chi connectivity index (χ4v) is 4.44. The Bertz CT molecular complexity index is 1220. The molecule has 1 atom stereocenters. The van der Waals surface area contributed by atoms with Crippen molar-refractivity contribution < 1.29 is 18.7 Å². The van der Waals surface area contributed by atoms with E-state index in [0.717, 1.165) is 41.5 Å². The van der Waals surface area contributed by atoms with Gasteiger partial charge in [0.15, 0.2) is 0 Å². The minimum absolute atomic E-state index is 0.123. The van der Waals surface area contributed by atoms with Crippen molar-refractivity contribution in [2.45, 2.75) is 53.0 Å². The zero-order valence-electron chi connectivity index (χ0n) is 21.3. The Morgan fingerprint density at radius 3 is 2.69 bits per heavy atom. The number of carbonyl (C=O) groups excluding carboxylic acids is 1. The van der Waals surface area contributed by atoms with Gasteiger partial charge in [0.25, 0.3) is 0 Å². The van der Waals surface area contributed by atoms with Crippen molar-refractivity contribution in [2.75, 3.05) is 30.0 Å². The lowest BCUT2D eigenvalue weighted by molar-refractivity contribution is -0.143. The maximum atomic E-state index is 13.3. The van der Waals surface area contributed by atoms with Gasteiger partial charge in [-0.3, -0.25) is 4.79 Å². The van der Waals surface area contributed by atoms with E-state index in [1.807, 2.05) is 19.9 Å².